The van der Waals surface area contributed by atoms with Crippen molar-refractivity contribution in [3.63, 3.8) is 0 Å². The van der Waals surface area contributed by atoms with E-state index in [1.165, 1.54) is 31.4 Å². The maximum absolute atomic E-state index is 13.7. The molecule has 144 valence electrons. The van der Waals surface area contributed by atoms with E-state index in [2.05, 4.69) is 10.4 Å². The highest BCUT2D eigenvalue weighted by Crippen LogP contribution is 2.19. The number of nitrogens with one attached hydrogen (secondary N) is 1. The smallest absolute Gasteiger partial charge is 0.248 e. The number of carbonyl (C=O) groups excluding carboxylic acids is 1. The number of rotatable bonds is 8. The van der Waals surface area contributed by atoms with E-state index in [-0.39, 0.29) is 11.7 Å². The fourth-order valence-electron chi connectivity index (χ4n) is 2.50. The molecule has 0 bridgehead atoms. The normalized spacial score (nSPS) is 10.8. The zero-order chi connectivity index (χ0) is 19.8. The van der Waals surface area contributed by atoms with Crippen LogP contribution < -0.4 is 14.8 Å². The van der Waals surface area contributed by atoms with E-state index in [0.29, 0.717) is 30.2 Å². The van der Waals surface area contributed by atoms with Crippen molar-refractivity contribution < 1.29 is 18.7 Å². The first kappa shape index (κ1) is 19.2. The topological polar surface area (TPSA) is 65.4 Å². The summed E-state index contributed by atoms with van der Waals surface area (Å²) in [6.45, 7) is 1.09. The van der Waals surface area contributed by atoms with Gasteiger partial charge >= 0.3 is 0 Å². The first-order chi connectivity index (χ1) is 13.6. The number of ether oxygens (including phenoxy) is 2. The number of carbonyl (C=O) groups is 1. The number of amides is 1. The number of aromatic nitrogens is 2. The van der Waals surface area contributed by atoms with Gasteiger partial charge < -0.3 is 14.8 Å². The third-order valence-electron chi connectivity index (χ3n) is 3.85. The van der Waals surface area contributed by atoms with Crippen molar-refractivity contribution in [1.29, 1.82) is 0 Å². The van der Waals surface area contributed by atoms with Crippen molar-refractivity contribution in [1.82, 2.24) is 9.78 Å². The van der Waals surface area contributed by atoms with Gasteiger partial charge in [0.2, 0.25) is 5.91 Å². The minimum Gasteiger partial charge on any atom is -0.494 e. The predicted molar refractivity (Wildman–Crippen MR) is 105 cm³/mol. The summed E-state index contributed by atoms with van der Waals surface area (Å²) in [6, 6.07) is 13.4. The highest BCUT2D eigenvalue weighted by Gasteiger charge is 2.03. The lowest BCUT2D eigenvalue weighted by Gasteiger charge is -2.08. The SMILES string of the molecule is COc1ccc(C=CC(=O)Nc2cccc(OCCn3cccn3)c2)cc1F. The molecule has 0 aliphatic rings. The average molecular weight is 381 g/mol. The van der Waals surface area contributed by atoms with Gasteiger partial charge in [0.25, 0.3) is 0 Å². The van der Waals surface area contributed by atoms with Crippen LogP contribution in [0, 0.1) is 5.82 Å². The number of hydrogen-bond donors (Lipinski definition) is 1. The molecular formula is C21H20FN3O3. The molecule has 6 nitrogen and oxygen atoms in total. The lowest BCUT2D eigenvalue weighted by molar-refractivity contribution is -0.111. The van der Waals surface area contributed by atoms with Crippen LogP contribution in [0.25, 0.3) is 6.08 Å². The molecule has 0 saturated heterocycles. The minimum absolute atomic E-state index is 0.158. The Kier molecular flexibility index (Phi) is 6.41. The number of methoxy groups -OCH3 is 1. The Balaban J connectivity index is 1.54. The molecule has 28 heavy (non-hydrogen) atoms. The number of hydrogen-bond acceptors (Lipinski definition) is 4. The zero-order valence-corrected chi connectivity index (χ0v) is 15.3. The molecule has 7 heteroatoms. The average Bonchev–Trinajstić information content (AvgIpc) is 3.20. The quantitative estimate of drug-likeness (QED) is 0.604. The van der Waals surface area contributed by atoms with Crippen LogP contribution in [0.4, 0.5) is 10.1 Å². The summed E-state index contributed by atoms with van der Waals surface area (Å²) in [4.78, 5) is 12.1. The van der Waals surface area contributed by atoms with Gasteiger partial charge in [-0.2, -0.15) is 5.10 Å². The molecule has 0 aliphatic heterocycles. The fraction of sp³-hybridized carbons (Fsp3) is 0.143. The van der Waals surface area contributed by atoms with Gasteiger partial charge in [0.05, 0.1) is 13.7 Å². The Morgan fingerprint density at radius 2 is 2.14 bits per heavy atom. The van der Waals surface area contributed by atoms with Gasteiger partial charge in [-0.1, -0.05) is 12.1 Å². The van der Waals surface area contributed by atoms with Gasteiger partial charge in [0.15, 0.2) is 11.6 Å². The number of anilines is 1. The van der Waals surface area contributed by atoms with Gasteiger partial charge in [-0.15, -0.1) is 0 Å². The first-order valence-corrected chi connectivity index (χ1v) is 8.67. The largest absolute Gasteiger partial charge is 0.494 e. The van der Waals surface area contributed by atoms with Crippen LogP contribution >= 0.6 is 0 Å². The van der Waals surface area contributed by atoms with Gasteiger partial charge in [-0.05, 0) is 42.0 Å². The summed E-state index contributed by atoms with van der Waals surface area (Å²) in [6.07, 6.45) is 6.44. The maximum Gasteiger partial charge on any atom is 0.248 e. The highest BCUT2D eigenvalue weighted by atomic mass is 19.1. The molecule has 0 radical (unpaired) electrons. The Morgan fingerprint density at radius 3 is 2.89 bits per heavy atom. The third-order valence-corrected chi connectivity index (χ3v) is 3.85. The van der Waals surface area contributed by atoms with Crippen LogP contribution in [0.1, 0.15) is 5.56 Å². The Hall–Kier alpha value is -3.61. The first-order valence-electron chi connectivity index (χ1n) is 8.67. The third kappa shape index (κ3) is 5.44. The van der Waals surface area contributed by atoms with Crippen molar-refractivity contribution in [2.24, 2.45) is 0 Å². The van der Waals surface area contributed by atoms with Crippen molar-refractivity contribution in [2.45, 2.75) is 6.54 Å². The van der Waals surface area contributed by atoms with Gasteiger partial charge in [0, 0.05) is 30.2 Å². The van der Waals surface area contributed by atoms with Gasteiger partial charge in [0.1, 0.15) is 12.4 Å². The molecule has 3 aromatic rings. The van der Waals surface area contributed by atoms with Crippen LogP contribution in [0.5, 0.6) is 11.5 Å². The second-order valence-corrected chi connectivity index (χ2v) is 5.86. The molecule has 0 fully saturated rings. The molecule has 0 saturated carbocycles. The lowest BCUT2D eigenvalue weighted by Crippen LogP contribution is -2.10. The van der Waals surface area contributed by atoms with Crippen molar-refractivity contribution in [3.05, 3.63) is 78.4 Å². The van der Waals surface area contributed by atoms with Crippen LogP contribution in [0.3, 0.4) is 0 Å². The predicted octanol–water partition coefficient (Wildman–Crippen LogP) is 3.76. The summed E-state index contributed by atoms with van der Waals surface area (Å²) in [5.41, 5.74) is 1.16. The Morgan fingerprint density at radius 1 is 1.25 bits per heavy atom. The Bertz CT molecular complexity index is 955. The van der Waals surface area contributed by atoms with E-state index in [0.717, 1.165) is 0 Å². The molecule has 1 N–H and O–H groups in total. The molecule has 1 amide bonds. The van der Waals surface area contributed by atoms with E-state index in [4.69, 9.17) is 9.47 Å². The summed E-state index contributed by atoms with van der Waals surface area (Å²) in [5.74, 6) is -0.00734. The number of halogens is 1. The van der Waals surface area contributed by atoms with E-state index < -0.39 is 5.82 Å². The van der Waals surface area contributed by atoms with E-state index >= 15 is 0 Å². The molecule has 1 heterocycles. The van der Waals surface area contributed by atoms with E-state index in [9.17, 15) is 9.18 Å². The van der Waals surface area contributed by atoms with Crippen molar-refractivity contribution in [3.8, 4) is 11.5 Å². The van der Waals surface area contributed by atoms with Crippen LogP contribution in [-0.2, 0) is 11.3 Å². The summed E-state index contributed by atoms with van der Waals surface area (Å²) in [5, 5.41) is 6.86. The second-order valence-electron chi connectivity index (χ2n) is 5.86. The van der Waals surface area contributed by atoms with Gasteiger partial charge in [-0.3, -0.25) is 9.48 Å². The van der Waals surface area contributed by atoms with Crippen LogP contribution in [0.2, 0.25) is 0 Å². The monoisotopic (exact) mass is 381 g/mol. The molecule has 0 aliphatic carbocycles. The van der Waals surface area contributed by atoms with Gasteiger partial charge in [-0.25, -0.2) is 4.39 Å². The van der Waals surface area contributed by atoms with Crippen molar-refractivity contribution in [2.75, 3.05) is 19.0 Å². The second kappa shape index (κ2) is 9.36. The van der Waals surface area contributed by atoms with E-state index in [1.807, 2.05) is 18.3 Å². The minimum atomic E-state index is -0.481. The van der Waals surface area contributed by atoms with Crippen LogP contribution in [0.15, 0.2) is 67.0 Å². The number of nitrogens with zero attached hydrogens (tertiary/aromatic N) is 2. The molecular weight excluding hydrogens is 361 g/mol. The molecule has 1 aromatic heterocycles. The summed E-state index contributed by atoms with van der Waals surface area (Å²) >= 11 is 0. The summed E-state index contributed by atoms with van der Waals surface area (Å²) < 4.78 is 26.0. The lowest BCUT2D eigenvalue weighted by atomic mass is 10.2. The number of benzene rings is 2. The molecule has 0 spiro atoms. The standard InChI is InChI=1S/C21H20FN3O3/c1-27-20-8-6-16(14-19(20)22)7-9-21(26)24-17-4-2-5-18(15-17)28-13-12-25-11-3-10-23-25/h2-11,14-15H,12-13H2,1H3,(H,24,26). The molecule has 0 atom stereocenters. The molecule has 2 aromatic carbocycles. The van der Waals surface area contributed by atoms with E-state index in [1.54, 1.807) is 35.1 Å². The fourth-order valence-corrected chi connectivity index (χ4v) is 2.50. The molecule has 3 rings (SSSR count). The maximum atomic E-state index is 13.7. The Labute approximate surface area is 162 Å². The highest BCUT2D eigenvalue weighted by molar-refractivity contribution is 6.02. The summed E-state index contributed by atoms with van der Waals surface area (Å²) in [7, 11) is 1.40. The zero-order valence-electron chi connectivity index (χ0n) is 15.3. The van der Waals surface area contributed by atoms with Crippen molar-refractivity contribution >= 4 is 17.7 Å². The molecule has 0 unspecified atom stereocenters. The van der Waals surface area contributed by atoms with Crippen LogP contribution in [-0.4, -0.2) is 29.4 Å².